The summed E-state index contributed by atoms with van der Waals surface area (Å²) in [7, 11) is 0. The van der Waals surface area contributed by atoms with Crippen LogP contribution in [0, 0.1) is 17.5 Å². The summed E-state index contributed by atoms with van der Waals surface area (Å²) in [6, 6.07) is 2.00. The predicted molar refractivity (Wildman–Crippen MR) is 44.8 cm³/mol. The first kappa shape index (κ1) is 9.84. The van der Waals surface area contributed by atoms with Crippen LogP contribution in [0.25, 0.3) is 0 Å². The Balaban J connectivity index is 2.92. The highest BCUT2D eigenvalue weighted by molar-refractivity contribution is 5.19. The van der Waals surface area contributed by atoms with E-state index in [0.29, 0.717) is 18.4 Å². The molecule has 1 rings (SSSR count). The van der Waals surface area contributed by atoms with Crippen LogP contribution in [0.2, 0.25) is 0 Å². The fourth-order valence-electron chi connectivity index (χ4n) is 1.02. The maximum atomic E-state index is 12.6. The lowest BCUT2D eigenvalue weighted by Gasteiger charge is -2.00. The molecular formula is C10H9F3. The number of aryl methyl sites for hydroxylation is 1. The Hall–Kier alpha value is -1.25. The van der Waals surface area contributed by atoms with E-state index in [1.54, 1.807) is 6.08 Å². The standard InChI is InChI=1S/C10H9F3/c1-2-3-4-7-5-8(11)10(13)9(12)6-7/h2,5-6H,1,3-4H2. The number of hydrogen-bond acceptors (Lipinski definition) is 0. The molecule has 0 spiro atoms. The van der Waals surface area contributed by atoms with E-state index in [9.17, 15) is 13.2 Å². The average Bonchev–Trinajstić information content (AvgIpc) is 2.10. The van der Waals surface area contributed by atoms with Crippen LogP contribution in [0.1, 0.15) is 12.0 Å². The van der Waals surface area contributed by atoms with Gasteiger partial charge in [-0.3, -0.25) is 0 Å². The SMILES string of the molecule is C=CCCc1cc(F)c(F)c(F)c1. The Bertz CT molecular complexity index is 295. The monoisotopic (exact) mass is 186 g/mol. The molecule has 0 saturated heterocycles. The zero-order valence-corrected chi connectivity index (χ0v) is 6.99. The summed E-state index contributed by atoms with van der Waals surface area (Å²) in [4.78, 5) is 0. The molecule has 0 unspecified atom stereocenters. The number of hydrogen-bond donors (Lipinski definition) is 0. The molecule has 0 radical (unpaired) electrons. The minimum atomic E-state index is -1.41. The van der Waals surface area contributed by atoms with Crippen molar-refractivity contribution >= 4 is 0 Å². The van der Waals surface area contributed by atoms with E-state index < -0.39 is 17.5 Å². The summed E-state index contributed by atoms with van der Waals surface area (Å²) in [5, 5.41) is 0. The van der Waals surface area contributed by atoms with Crippen LogP contribution >= 0.6 is 0 Å². The Morgan fingerprint density at radius 2 is 1.69 bits per heavy atom. The summed E-state index contributed by atoms with van der Waals surface area (Å²) >= 11 is 0. The van der Waals surface area contributed by atoms with Gasteiger partial charge in [0.25, 0.3) is 0 Å². The first-order chi connectivity index (χ1) is 6.15. The second-order valence-electron chi connectivity index (χ2n) is 2.70. The summed E-state index contributed by atoms with van der Waals surface area (Å²) in [6.45, 7) is 3.48. The third kappa shape index (κ3) is 2.34. The molecule has 70 valence electrons. The van der Waals surface area contributed by atoms with Gasteiger partial charge in [-0.2, -0.15) is 0 Å². The van der Waals surface area contributed by atoms with E-state index in [1.807, 2.05) is 0 Å². The molecule has 0 atom stereocenters. The van der Waals surface area contributed by atoms with E-state index in [-0.39, 0.29) is 0 Å². The van der Waals surface area contributed by atoms with Crippen molar-refractivity contribution in [1.82, 2.24) is 0 Å². The average molecular weight is 186 g/mol. The highest BCUT2D eigenvalue weighted by atomic mass is 19.2. The maximum Gasteiger partial charge on any atom is 0.194 e. The van der Waals surface area contributed by atoms with Gasteiger partial charge in [0.1, 0.15) is 0 Å². The van der Waals surface area contributed by atoms with Crippen molar-refractivity contribution in [3.63, 3.8) is 0 Å². The summed E-state index contributed by atoms with van der Waals surface area (Å²) in [5.74, 6) is -3.69. The fourth-order valence-corrected chi connectivity index (χ4v) is 1.02. The molecule has 0 aromatic heterocycles. The van der Waals surface area contributed by atoms with Gasteiger partial charge in [0.15, 0.2) is 17.5 Å². The molecule has 0 saturated carbocycles. The third-order valence-electron chi connectivity index (χ3n) is 1.68. The highest BCUT2D eigenvalue weighted by Crippen LogP contribution is 2.14. The minimum Gasteiger partial charge on any atom is -0.204 e. The normalized spacial score (nSPS) is 10.1. The molecule has 0 amide bonds. The third-order valence-corrected chi connectivity index (χ3v) is 1.68. The van der Waals surface area contributed by atoms with E-state index in [2.05, 4.69) is 6.58 Å². The fraction of sp³-hybridized carbons (Fsp3) is 0.200. The number of halogens is 3. The molecule has 0 N–H and O–H groups in total. The number of benzene rings is 1. The van der Waals surface area contributed by atoms with Crippen molar-refractivity contribution in [3.8, 4) is 0 Å². The van der Waals surface area contributed by atoms with Gasteiger partial charge in [-0.1, -0.05) is 6.08 Å². The highest BCUT2D eigenvalue weighted by Gasteiger charge is 2.09. The van der Waals surface area contributed by atoms with Crippen molar-refractivity contribution in [2.75, 3.05) is 0 Å². The first-order valence-electron chi connectivity index (χ1n) is 3.89. The largest absolute Gasteiger partial charge is 0.204 e. The molecule has 0 aliphatic heterocycles. The van der Waals surface area contributed by atoms with E-state index in [0.717, 1.165) is 12.1 Å². The van der Waals surface area contributed by atoms with Crippen LogP contribution in [0.15, 0.2) is 24.8 Å². The topological polar surface area (TPSA) is 0 Å². The lowest BCUT2D eigenvalue weighted by Crippen LogP contribution is -1.94. The van der Waals surface area contributed by atoms with Crippen LogP contribution in [0.4, 0.5) is 13.2 Å². The van der Waals surface area contributed by atoms with Crippen molar-refractivity contribution in [2.24, 2.45) is 0 Å². The van der Waals surface area contributed by atoms with Gasteiger partial charge in [0.2, 0.25) is 0 Å². The van der Waals surface area contributed by atoms with Gasteiger partial charge in [-0.15, -0.1) is 6.58 Å². The lowest BCUT2D eigenvalue weighted by atomic mass is 10.1. The molecule has 3 heteroatoms. The van der Waals surface area contributed by atoms with Crippen LogP contribution < -0.4 is 0 Å². The van der Waals surface area contributed by atoms with Gasteiger partial charge in [-0.05, 0) is 30.5 Å². The summed E-state index contributed by atoms with van der Waals surface area (Å²) in [6.07, 6.45) is 2.72. The quantitative estimate of drug-likeness (QED) is 0.502. The lowest BCUT2D eigenvalue weighted by molar-refractivity contribution is 0.445. The van der Waals surface area contributed by atoms with Crippen LogP contribution in [-0.2, 0) is 6.42 Å². The van der Waals surface area contributed by atoms with Gasteiger partial charge in [0, 0.05) is 0 Å². The van der Waals surface area contributed by atoms with Crippen LogP contribution in [-0.4, -0.2) is 0 Å². The van der Waals surface area contributed by atoms with Gasteiger partial charge >= 0.3 is 0 Å². The molecule has 0 fully saturated rings. The van der Waals surface area contributed by atoms with E-state index >= 15 is 0 Å². The number of rotatable bonds is 3. The second-order valence-corrected chi connectivity index (χ2v) is 2.70. The van der Waals surface area contributed by atoms with E-state index in [1.165, 1.54) is 0 Å². The molecule has 1 aromatic rings. The Kier molecular flexibility index (Phi) is 3.12. The van der Waals surface area contributed by atoms with Gasteiger partial charge < -0.3 is 0 Å². The summed E-state index contributed by atoms with van der Waals surface area (Å²) in [5.41, 5.74) is 0.441. The van der Waals surface area contributed by atoms with Crippen molar-refractivity contribution in [3.05, 3.63) is 47.8 Å². The first-order valence-corrected chi connectivity index (χ1v) is 3.89. The van der Waals surface area contributed by atoms with E-state index in [4.69, 9.17) is 0 Å². The molecule has 0 nitrogen and oxygen atoms in total. The molecule has 13 heavy (non-hydrogen) atoms. The van der Waals surface area contributed by atoms with Gasteiger partial charge in [0.05, 0.1) is 0 Å². The van der Waals surface area contributed by atoms with Crippen molar-refractivity contribution in [2.45, 2.75) is 12.8 Å². The molecule has 0 aliphatic carbocycles. The zero-order chi connectivity index (χ0) is 9.84. The molecular weight excluding hydrogens is 177 g/mol. The summed E-state index contributed by atoms with van der Waals surface area (Å²) < 4.78 is 37.7. The van der Waals surface area contributed by atoms with Crippen LogP contribution in [0.5, 0.6) is 0 Å². The smallest absolute Gasteiger partial charge is 0.194 e. The second kappa shape index (κ2) is 4.12. The van der Waals surface area contributed by atoms with Crippen molar-refractivity contribution in [1.29, 1.82) is 0 Å². The van der Waals surface area contributed by atoms with Gasteiger partial charge in [-0.25, -0.2) is 13.2 Å². The molecule has 0 heterocycles. The Morgan fingerprint density at radius 1 is 1.15 bits per heavy atom. The minimum absolute atomic E-state index is 0.441. The molecule has 0 bridgehead atoms. The Morgan fingerprint density at radius 3 is 2.15 bits per heavy atom. The van der Waals surface area contributed by atoms with Crippen molar-refractivity contribution < 1.29 is 13.2 Å². The molecule has 0 aliphatic rings. The maximum absolute atomic E-state index is 12.6. The molecule has 1 aromatic carbocycles. The predicted octanol–water partition coefficient (Wildman–Crippen LogP) is 3.22. The van der Waals surface area contributed by atoms with Crippen LogP contribution in [0.3, 0.4) is 0 Å². The number of allylic oxidation sites excluding steroid dienone is 1. The zero-order valence-electron chi connectivity index (χ0n) is 6.99. The Labute approximate surface area is 74.7 Å².